The molecule has 1 amide bonds. The highest BCUT2D eigenvalue weighted by Gasteiger charge is 2.37. The zero-order chi connectivity index (χ0) is 17.4. The van der Waals surface area contributed by atoms with E-state index in [2.05, 4.69) is 0 Å². The van der Waals surface area contributed by atoms with Crippen molar-refractivity contribution in [2.24, 2.45) is 7.05 Å². The molecule has 1 aliphatic heterocycles. The largest absolute Gasteiger partial charge is 0.388 e. The molecule has 0 saturated carbocycles. The second-order valence-corrected chi connectivity index (χ2v) is 6.08. The Balaban J connectivity index is 1.89. The minimum atomic E-state index is -0.829. The predicted octanol–water partition coefficient (Wildman–Crippen LogP) is 1.16. The van der Waals surface area contributed by atoms with Gasteiger partial charge >= 0.3 is 0 Å². The van der Waals surface area contributed by atoms with Gasteiger partial charge in [-0.05, 0) is 24.3 Å². The summed E-state index contributed by atoms with van der Waals surface area (Å²) < 4.78 is 25.7. The molecule has 7 heteroatoms. The lowest BCUT2D eigenvalue weighted by atomic mass is 10.0. The molecule has 1 aromatic carbocycles. The van der Waals surface area contributed by atoms with Crippen molar-refractivity contribution in [3.63, 3.8) is 0 Å². The lowest BCUT2D eigenvalue weighted by molar-refractivity contribution is -0.135. The molecule has 0 aliphatic carbocycles. The number of rotatable bonds is 3. The first-order chi connectivity index (χ1) is 11.4. The Labute approximate surface area is 139 Å². The second-order valence-electron chi connectivity index (χ2n) is 6.08. The maximum absolute atomic E-state index is 13.4. The van der Waals surface area contributed by atoms with Crippen LogP contribution in [0.15, 0.2) is 24.3 Å². The summed E-state index contributed by atoms with van der Waals surface area (Å²) in [5.74, 6) is -0.613. The van der Waals surface area contributed by atoms with E-state index in [0.29, 0.717) is 17.7 Å². The minimum Gasteiger partial charge on any atom is -0.388 e. The smallest absolute Gasteiger partial charge is 0.270 e. The predicted molar refractivity (Wildman–Crippen MR) is 86.4 cm³/mol. The van der Waals surface area contributed by atoms with Crippen LogP contribution in [0, 0.1) is 5.82 Å². The van der Waals surface area contributed by atoms with Gasteiger partial charge in [0, 0.05) is 32.1 Å². The number of carbonyl (C=O) groups excluding carboxylic acids is 1. The van der Waals surface area contributed by atoms with Crippen LogP contribution in [0.2, 0.25) is 0 Å². The molecule has 1 fully saturated rings. The quantitative estimate of drug-likeness (QED) is 0.914. The van der Waals surface area contributed by atoms with Crippen molar-refractivity contribution in [3.05, 3.63) is 35.8 Å². The van der Waals surface area contributed by atoms with E-state index in [1.165, 1.54) is 24.1 Å². The average molecular weight is 336 g/mol. The number of nitrogens with zero attached hydrogens (tertiary/aromatic N) is 2. The summed E-state index contributed by atoms with van der Waals surface area (Å²) in [7, 11) is 4.88. The van der Waals surface area contributed by atoms with Crippen molar-refractivity contribution < 1.29 is 23.8 Å². The van der Waals surface area contributed by atoms with Crippen LogP contribution in [-0.4, -0.2) is 66.1 Å². The minimum absolute atomic E-state index is 0.238. The van der Waals surface area contributed by atoms with Gasteiger partial charge in [-0.2, -0.15) is 0 Å². The van der Waals surface area contributed by atoms with Gasteiger partial charge in [0.1, 0.15) is 23.7 Å². The number of carbonyl (C=O) groups is 1. The Morgan fingerprint density at radius 1 is 1.42 bits per heavy atom. The third-order valence-corrected chi connectivity index (χ3v) is 4.69. The maximum Gasteiger partial charge on any atom is 0.270 e. The van der Waals surface area contributed by atoms with Gasteiger partial charge in [-0.1, -0.05) is 0 Å². The van der Waals surface area contributed by atoms with Gasteiger partial charge in [0.05, 0.1) is 19.3 Å². The summed E-state index contributed by atoms with van der Waals surface area (Å²) in [6, 6.07) is 5.54. The molecule has 24 heavy (non-hydrogen) atoms. The number of benzene rings is 1. The van der Waals surface area contributed by atoms with E-state index in [1.54, 1.807) is 30.8 Å². The number of hydrogen-bond donors (Lipinski definition) is 1. The van der Waals surface area contributed by atoms with E-state index >= 15 is 0 Å². The molecule has 3 atom stereocenters. The fourth-order valence-electron chi connectivity index (χ4n) is 3.16. The summed E-state index contributed by atoms with van der Waals surface area (Å²) in [4.78, 5) is 14.3. The summed E-state index contributed by atoms with van der Waals surface area (Å²) in [6.07, 6.45) is -1.30. The first-order valence-electron chi connectivity index (χ1n) is 7.74. The SMILES string of the molecule is CO[C@@H]1COC[C@@H](N(C)C(=O)c2cc3cc(F)ccc3n2C)[C@@H]1O. The zero-order valence-electron chi connectivity index (χ0n) is 13.9. The molecule has 0 radical (unpaired) electrons. The van der Waals surface area contributed by atoms with Crippen LogP contribution < -0.4 is 0 Å². The van der Waals surface area contributed by atoms with Gasteiger partial charge in [0.25, 0.3) is 5.91 Å². The van der Waals surface area contributed by atoms with Crippen LogP contribution in [0.25, 0.3) is 10.9 Å². The Morgan fingerprint density at radius 3 is 2.88 bits per heavy atom. The third kappa shape index (κ3) is 2.79. The van der Waals surface area contributed by atoms with Crippen LogP contribution in [0.4, 0.5) is 4.39 Å². The number of aliphatic hydroxyl groups excluding tert-OH is 1. The highest BCUT2D eigenvalue weighted by molar-refractivity contribution is 5.98. The maximum atomic E-state index is 13.4. The summed E-state index contributed by atoms with van der Waals surface area (Å²) in [5.41, 5.74) is 1.19. The lowest BCUT2D eigenvalue weighted by Gasteiger charge is -2.38. The highest BCUT2D eigenvalue weighted by atomic mass is 19.1. The zero-order valence-corrected chi connectivity index (χ0v) is 13.9. The number of aryl methyl sites for hydroxylation is 1. The van der Waals surface area contributed by atoms with E-state index in [1.807, 2.05) is 0 Å². The van der Waals surface area contributed by atoms with Crippen LogP contribution in [0.1, 0.15) is 10.5 Å². The molecular formula is C17H21FN2O4. The van der Waals surface area contributed by atoms with E-state index < -0.39 is 18.2 Å². The molecule has 6 nitrogen and oxygen atoms in total. The van der Waals surface area contributed by atoms with Crippen molar-refractivity contribution in [1.29, 1.82) is 0 Å². The molecule has 0 bridgehead atoms. The monoisotopic (exact) mass is 336 g/mol. The molecule has 2 heterocycles. The molecule has 1 saturated heterocycles. The number of methoxy groups -OCH3 is 1. The van der Waals surface area contributed by atoms with Gasteiger partial charge in [-0.25, -0.2) is 4.39 Å². The van der Waals surface area contributed by atoms with Gasteiger partial charge in [-0.3, -0.25) is 4.79 Å². The standard InChI is InChI=1S/C17H21FN2O4/c1-19-12-5-4-11(18)6-10(12)7-13(19)17(22)20(2)14-8-24-9-15(23-3)16(14)21/h4-7,14-16,21H,8-9H2,1-3H3/t14-,15-,16+/m1/s1. The second kappa shape index (κ2) is 6.51. The fraction of sp³-hybridized carbons (Fsp3) is 0.471. The third-order valence-electron chi connectivity index (χ3n) is 4.69. The van der Waals surface area contributed by atoms with E-state index in [0.717, 1.165) is 5.52 Å². The number of aliphatic hydroxyl groups is 1. The van der Waals surface area contributed by atoms with Crippen molar-refractivity contribution in [2.45, 2.75) is 18.2 Å². The normalized spacial score (nSPS) is 24.3. The van der Waals surface area contributed by atoms with Crippen molar-refractivity contribution in [1.82, 2.24) is 9.47 Å². The van der Waals surface area contributed by atoms with Crippen molar-refractivity contribution >= 4 is 16.8 Å². The molecule has 130 valence electrons. The highest BCUT2D eigenvalue weighted by Crippen LogP contribution is 2.23. The Morgan fingerprint density at radius 2 is 2.17 bits per heavy atom. The Hall–Kier alpha value is -1.96. The summed E-state index contributed by atoms with van der Waals surface area (Å²) >= 11 is 0. The number of aromatic nitrogens is 1. The Kier molecular flexibility index (Phi) is 4.58. The summed E-state index contributed by atoms with van der Waals surface area (Å²) in [5, 5.41) is 11.0. The first kappa shape index (κ1) is 16.9. The molecule has 1 N–H and O–H groups in total. The molecule has 1 aromatic heterocycles. The lowest BCUT2D eigenvalue weighted by Crippen LogP contribution is -2.56. The average Bonchev–Trinajstić information content (AvgIpc) is 2.89. The van der Waals surface area contributed by atoms with Crippen molar-refractivity contribution in [3.8, 4) is 0 Å². The fourth-order valence-corrected chi connectivity index (χ4v) is 3.16. The number of ether oxygens (including phenoxy) is 2. The van der Waals surface area contributed by atoms with Crippen molar-refractivity contribution in [2.75, 3.05) is 27.4 Å². The first-order valence-corrected chi connectivity index (χ1v) is 7.74. The van der Waals surface area contributed by atoms with Gasteiger partial charge < -0.3 is 24.0 Å². The van der Waals surface area contributed by atoms with Crippen LogP contribution in [-0.2, 0) is 16.5 Å². The number of hydrogen-bond acceptors (Lipinski definition) is 4. The number of likely N-dealkylation sites (N-methyl/N-ethyl adjacent to an activating group) is 1. The molecule has 0 unspecified atom stereocenters. The number of fused-ring (bicyclic) bond motifs is 1. The van der Waals surface area contributed by atoms with Crippen LogP contribution >= 0.6 is 0 Å². The van der Waals surface area contributed by atoms with Gasteiger partial charge in [0.2, 0.25) is 0 Å². The topological polar surface area (TPSA) is 63.9 Å². The molecular weight excluding hydrogens is 315 g/mol. The molecule has 0 spiro atoms. The number of amides is 1. The summed E-state index contributed by atoms with van der Waals surface area (Å²) in [6.45, 7) is 0.533. The van der Waals surface area contributed by atoms with E-state index in [9.17, 15) is 14.3 Å². The molecule has 2 aromatic rings. The number of halogens is 1. The van der Waals surface area contributed by atoms with Crippen LogP contribution in [0.5, 0.6) is 0 Å². The molecule has 3 rings (SSSR count). The van der Waals surface area contributed by atoms with E-state index in [-0.39, 0.29) is 18.3 Å². The van der Waals surface area contributed by atoms with Crippen LogP contribution in [0.3, 0.4) is 0 Å². The molecule has 1 aliphatic rings. The van der Waals surface area contributed by atoms with Gasteiger partial charge in [0.15, 0.2) is 0 Å². The Bertz CT molecular complexity index is 760. The van der Waals surface area contributed by atoms with Gasteiger partial charge in [-0.15, -0.1) is 0 Å². The van der Waals surface area contributed by atoms with E-state index in [4.69, 9.17) is 9.47 Å².